The van der Waals surface area contributed by atoms with Crippen LogP contribution in [0.1, 0.15) is 18.3 Å². The van der Waals surface area contributed by atoms with Crippen LogP contribution in [0.5, 0.6) is 0 Å². The highest BCUT2D eigenvalue weighted by molar-refractivity contribution is 9.10. The molecule has 18 heavy (non-hydrogen) atoms. The number of aromatic amines is 1. The second-order valence-electron chi connectivity index (χ2n) is 4.37. The molecule has 0 fully saturated rings. The summed E-state index contributed by atoms with van der Waals surface area (Å²) in [7, 11) is 0. The molecule has 0 bridgehead atoms. The average molecular weight is 309 g/mol. The molecule has 0 radical (unpaired) electrons. The molecule has 5 heteroatoms. The minimum absolute atomic E-state index is 0.453. The van der Waals surface area contributed by atoms with Gasteiger partial charge in [-0.2, -0.15) is 5.10 Å². The van der Waals surface area contributed by atoms with Gasteiger partial charge in [0.25, 0.3) is 0 Å². The minimum atomic E-state index is 0.453. The molecule has 1 aromatic heterocycles. The van der Waals surface area contributed by atoms with E-state index in [0.717, 1.165) is 29.7 Å². The largest absolute Gasteiger partial charge is 0.313 e. The van der Waals surface area contributed by atoms with Crippen molar-refractivity contribution < 1.29 is 0 Å². The van der Waals surface area contributed by atoms with Gasteiger partial charge >= 0.3 is 0 Å². The van der Waals surface area contributed by atoms with Gasteiger partial charge in [-0.1, -0.05) is 28.1 Å². The first-order chi connectivity index (χ1) is 8.74. The zero-order valence-corrected chi connectivity index (χ0v) is 11.9. The maximum absolute atomic E-state index is 4.09. The van der Waals surface area contributed by atoms with Gasteiger partial charge in [0.2, 0.25) is 0 Å². The average Bonchev–Trinajstić information content (AvgIpc) is 2.85. The highest BCUT2D eigenvalue weighted by atomic mass is 79.9. The molecule has 0 aliphatic heterocycles. The Morgan fingerprint density at radius 3 is 2.78 bits per heavy atom. The first-order valence-corrected chi connectivity index (χ1v) is 6.85. The van der Waals surface area contributed by atoms with Gasteiger partial charge in [0.15, 0.2) is 0 Å². The van der Waals surface area contributed by atoms with Gasteiger partial charge in [0, 0.05) is 23.5 Å². The Labute approximate surface area is 115 Å². The number of nitrogens with zero attached hydrogens (tertiary/aromatic N) is 2. The number of H-pyrrole nitrogens is 1. The van der Waals surface area contributed by atoms with Crippen molar-refractivity contribution in [1.29, 1.82) is 0 Å². The van der Waals surface area contributed by atoms with Crippen LogP contribution < -0.4 is 5.32 Å². The zero-order valence-electron chi connectivity index (χ0n) is 10.4. The number of hydrogen-bond acceptors (Lipinski definition) is 3. The standard InChI is InChI=1S/C13H17BrN4/c1-10(8-11-2-4-12(14)5-3-11)15-7-6-13-16-9-17-18-13/h2-5,9-10,15H,6-8H2,1H3,(H,16,17,18). The number of rotatable bonds is 6. The van der Waals surface area contributed by atoms with Gasteiger partial charge < -0.3 is 5.32 Å². The molecule has 0 saturated carbocycles. The van der Waals surface area contributed by atoms with Crippen molar-refractivity contribution >= 4 is 15.9 Å². The summed E-state index contributed by atoms with van der Waals surface area (Å²) in [5.41, 5.74) is 1.35. The van der Waals surface area contributed by atoms with Crippen molar-refractivity contribution in [1.82, 2.24) is 20.5 Å². The molecular formula is C13H17BrN4. The predicted octanol–water partition coefficient (Wildman–Crippen LogP) is 2.33. The van der Waals surface area contributed by atoms with E-state index < -0.39 is 0 Å². The summed E-state index contributed by atoms with van der Waals surface area (Å²) in [6, 6.07) is 8.92. The smallest absolute Gasteiger partial charge is 0.137 e. The van der Waals surface area contributed by atoms with E-state index in [1.807, 2.05) is 0 Å². The van der Waals surface area contributed by atoms with Gasteiger partial charge in [-0.05, 0) is 31.0 Å². The van der Waals surface area contributed by atoms with E-state index in [1.165, 1.54) is 5.56 Å². The van der Waals surface area contributed by atoms with Gasteiger partial charge in [-0.15, -0.1) is 0 Å². The lowest BCUT2D eigenvalue weighted by molar-refractivity contribution is 0.544. The second-order valence-corrected chi connectivity index (χ2v) is 5.28. The molecule has 1 heterocycles. The number of nitrogens with one attached hydrogen (secondary N) is 2. The number of hydrogen-bond donors (Lipinski definition) is 2. The fraction of sp³-hybridized carbons (Fsp3) is 0.385. The Kier molecular flexibility index (Phi) is 4.90. The molecule has 2 aromatic rings. The highest BCUT2D eigenvalue weighted by Crippen LogP contribution is 2.11. The van der Waals surface area contributed by atoms with Crippen molar-refractivity contribution in [2.45, 2.75) is 25.8 Å². The third-order valence-corrected chi connectivity index (χ3v) is 3.30. The van der Waals surface area contributed by atoms with Crippen molar-refractivity contribution in [2.24, 2.45) is 0 Å². The lowest BCUT2D eigenvalue weighted by Gasteiger charge is -2.13. The maximum Gasteiger partial charge on any atom is 0.137 e. The van der Waals surface area contributed by atoms with Gasteiger partial charge in [-0.3, -0.25) is 5.10 Å². The summed E-state index contributed by atoms with van der Waals surface area (Å²) in [4.78, 5) is 4.09. The summed E-state index contributed by atoms with van der Waals surface area (Å²) in [5.74, 6) is 0.929. The van der Waals surface area contributed by atoms with Crippen LogP contribution in [-0.2, 0) is 12.8 Å². The Balaban J connectivity index is 1.71. The van der Waals surface area contributed by atoms with Crippen LogP contribution in [0.2, 0.25) is 0 Å². The maximum atomic E-state index is 4.09. The van der Waals surface area contributed by atoms with E-state index in [9.17, 15) is 0 Å². The van der Waals surface area contributed by atoms with Crippen LogP contribution in [0.15, 0.2) is 35.1 Å². The quantitative estimate of drug-likeness (QED) is 0.861. The van der Waals surface area contributed by atoms with Crippen molar-refractivity contribution in [2.75, 3.05) is 6.54 Å². The zero-order chi connectivity index (χ0) is 12.8. The highest BCUT2D eigenvalue weighted by Gasteiger charge is 2.03. The summed E-state index contributed by atoms with van der Waals surface area (Å²) < 4.78 is 1.12. The van der Waals surface area contributed by atoms with Crippen LogP contribution in [0, 0.1) is 0 Å². The molecule has 1 aromatic carbocycles. The Morgan fingerprint density at radius 1 is 1.33 bits per heavy atom. The topological polar surface area (TPSA) is 53.6 Å². The lowest BCUT2D eigenvalue weighted by Crippen LogP contribution is -2.30. The summed E-state index contributed by atoms with van der Waals surface area (Å²) >= 11 is 3.44. The molecule has 0 aliphatic rings. The predicted molar refractivity (Wildman–Crippen MR) is 75.4 cm³/mol. The Hall–Kier alpha value is -1.20. The number of aromatic nitrogens is 3. The number of benzene rings is 1. The Bertz CT molecular complexity index is 452. The van der Waals surface area contributed by atoms with Gasteiger partial charge in [0.1, 0.15) is 12.2 Å². The molecule has 96 valence electrons. The van der Waals surface area contributed by atoms with E-state index in [4.69, 9.17) is 0 Å². The monoisotopic (exact) mass is 308 g/mol. The summed E-state index contributed by atoms with van der Waals surface area (Å²) in [6.07, 6.45) is 3.45. The van der Waals surface area contributed by atoms with Gasteiger partial charge in [0.05, 0.1) is 0 Å². The molecule has 1 atom stereocenters. The van der Waals surface area contributed by atoms with Crippen LogP contribution in [-0.4, -0.2) is 27.8 Å². The summed E-state index contributed by atoms with van der Waals surface area (Å²) in [6.45, 7) is 3.11. The van der Waals surface area contributed by atoms with E-state index in [2.05, 4.69) is 67.6 Å². The Morgan fingerprint density at radius 2 is 2.11 bits per heavy atom. The molecule has 4 nitrogen and oxygen atoms in total. The molecule has 2 rings (SSSR count). The van der Waals surface area contributed by atoms with Crippen molar-refractivity contribution in [3.05, 3.63) is 46.5 Å². The van der Waals surface area contributed by atoms with Crippen LogP contribution in [0.4, 0.5) is 0 Å². The van der Waals surface area contributed by atoms with Gasteiger partial charge in [-0.25, -0.2) is 4.98 Å². The molecule has 0 amide bonds. The first-order valence-electron chi connectivity index (χ1n) is 6.06. The fourth-order valence-corrected chi connectivity index (χ4v) is 2.10. The summed E-state index contributed by atoms with van der Waals surface area (Å²) in [5, 5.41) is 10.2. The van der Waals surface area contributed by atoms with Crippen LogP contribution in [0.25, 0.3) is 0 Å². The lowest BCUT2D eigenvalue weighted by atomic mass is 10.1. The number of halogens is 1. The van der Waals surface area contributed by atoms with Crippen LogP contribution >= 0.6 is 15.9 Å². The van der Waals surface area contributed by atoms with E-state index >= 15 is 0 Å². The van der Waals surface area contributed by atoms with Crippen LogP contribution in [0.3, 0.4) is 0 Å². The molecule has 1 unspecified atom stereocenters. The van der Waals surface area contributed by atoms with Crippen molar-refractivity contribution in [3.63, 3.8) is 0 Å². The molecular weight excluding hydrogens is 292 g/mol. The normalized spacial score (nSPS) is 12.6. The molecule has 0 aliphatic carbocycles. The third-order valence-electron chi connectivity index (χ3n) is 2.77. The molecule has 0 spiro atoms. The third kappa shape index (κ3) is 4.23. The van der Waals surface area contributed by atoms with Crippen molar-refractivity contribution in [3.8, 4) is 0 Å². The fourth-order valence-electron chi connectivity index (χ4n) is 1.83. The van der Waals surface area contributed by atoms with E-state index in [-0.39, 0.29) is 0 Å². The molecule has 2 N–H and O–H groups in total. The second kappa shape index (κ2) is 6.66. The molecule has 0 saturated heterocycles. The first kappa shape index (κ1) is 13.2. The van der Waals surface area contributed by atoms with E-state index in [1.54, 1.807) is 6.33 Å². The minimum Gasteiger partial charge on any atom is -0.313 e. The van der Waals surface area contributed by atoms with E-state index in [0.29, 0.717) is 6.04 Å². The SMILES string of the molecule is CC(Cc1ccc(Br)cc1)NCCc1ncn[nH]1.